The molecule has 2 aromatic carbocycles. The van der Waals surface area contributed by atoms with Crippen LogP contribution in [0.5, 0.6) is 0 Å². The van der Waals surface area contributed by atoms with Crippen LogP contribution in [0.25, 0.3) is 0 Å². The van der Waals surface area contributed by atoms with Crippen molar-refractivity contribution in [3.8, 4) is 0 Å². The fraction of sp³-hybridized carbons (Fsp3) is 0.519. The Kier molecular flexibility index (Phi) is 6.51. The number of amides is 1. The third kappa shape index (κ3) is 4.57. The first kappa shape index (κ1) is 22.5. The van der Waals surface area contributed by atoms with Crippen LogP contribution >= 0.6 is 11.6 Å². The Morgan fingerprint density at radius 2 is 1.55 bits per heavy atom. The first-order valence-corrected chi connectivity index (χ1v) is 12.9. The molecule has 5 rings (SSSR count). The van der Waals surface area contributed by atoms with Crippen LogP contribution in [0.3, 0.4) is 0 Å². The molecule has 2 saturated carbocycles. The first-order valence-electron chi connectivity index (χ1n) is 12.5. The molecule has 2 fully saturated rings. The van der Waals surface area contributed by atoms with E-state index in [1.54, 1.807) is 6.07 Å². The van der Waals surface area contributed by atoms with Crippen molar-refractivity contribution in [1.82, 2.24) is 5.32 Å². The van der Waals surface area contributed by atoms with Crippen LogP contribution in [-0.2, 0) is 10.5 Å². The van der Waals surface area contributed by atoms with Gasteiger partial charge in [-0.3, -0.25) is 4.79 Å². The van der Waals surface area contributed by atoms with Gasteiger partial charge in [0.1, 0.15) is 11.5 Å². The van der Waals surface area contributed by atoms with Crippen LogP contribution < -0.4 is 16.0 Å². The SMILES string of the molecule is O=C(NC1CCCCC1)C(C1CCCCC1)C1(c2ccc(Cl)cc2)Nc2ccc(F)cc2N1. The zero-order valence-corrected chi connectivity index (χ0v) is 19.8. The van der Waals surface area contributed by atoms with Gasteiger partial charge < -0.3 is 16.0 Å². The molecule has 3 aliphatic rings. The minimum Gasteiger partial charge on any atom is -0.357 e. The second-order valence-electron chi connectivity index (χ2n) is 9.97. The molecule has 0 saturated heterocycles. The molecule has 2 aromatic rings. The van der Waals surface area contributed by atoms with Crippen molar-refractivity contribution >= 4 is 28.9 Å². The standard InChI is InChI=1S/C27H33ClFN3O/c28-20-13-11-19(12-14-20)27(31-23-16-15-21(29)17-24(23)32-27)25(18-7-3-1-4-8-18)26(33)30-22-9-5-2-6-10-22/h11-18,22,25,31-32H,1-10H2,(H,30,33). The monoisotopic (exact) mass is 469 g/mol. The topological polar surface area (TPSA) is 53.2 Å². The predicted molar refractivity (Wildman–Crippen MR) is 132 cm³/mol. The van der Waals surface area contributed by atoms with E-state index in [9.17, 15) is 9.18 Å². The van der Waals surface area contributed by atoms with Gasteiger partial charge in [0.2, 0.25) is 5.91 Å². The highest BCUT2D eigenvalue weighted by Crippen LogP contribution is 2.49. The third-order valence-electron chi connectivity index (χ3n) is 7.77. The summed E-state index contributed by atoms with van der Waals surface area (Å²) in [5.41, 5.74) is 1.59. The van der Waals surface area contributed by atoms with Gasteiger partial charge in [0.15, 0.2) is 0 Å². The van der Waals surface area contributed by atoms with Gasteiger partial charge in [0.05, 0.1) is 17.3 Å². The number of nitrogens with one attached hydrogen (secondary N) is 3. The molecule has 33 heavy (non-hydrogen) atoms. The minimum atomic E-state index is -0.860. The number of fused-ring (bicyclic) bond motifs is 1. The molecule has 1 aliphatic heterocycles. The summed E-state index contributed by atoms with van der Waals surface area (Å²) in [4.78, 5) is 14.1. The quantitative estimate of drug-likeness (QED) is 0.450. The average Bonchev–Trinajstić information content (AvgIpc) is 3.20. The van der Waals surface area contributed by atoms with E-state index in [0.717, 1.165) is 49.8 Å². The summed E-state index contributed by atoms with van der Waals surface area (Å²) in [6.07, 6.45) is 11.2. The van der Waals surface area contributed by atoms with Gasteiger partial charge in [-0.2, -0.15) is 0 Å². The maximum Gasteiger partial charge on any atom is 0.228 e. The molecule has 176 valence electrons. The number of anilines is 2. The predicted octanol–water partition coefficient (Wildman–Crippen LogP) is 6.81. The van der Waals surface area contributed by atoms with Gasteiger partial charge in [-0.15, -0.1) is 0 Å². The molecule has 0 radical (unpaired) electrons. The Labute approximate surface area is 200 Å². The van der Waals surface area contributed by atoms with E-state index in [0.29, 0.717) is 10.7 Å². The van der Waals surface area contributed by atoms with E-state index in [4.69, 9.17) is 11.6 Å². The summed E-state index contributed by atoms with van der Waals surface area (Å²) in [6.45, 7) is 0. The molecule has 0 spiro atoms. The molecular weight excluding hydrogens is 437 g/mol. The van der Waals surface area contributed by atoms with Crippen LogP contribution in [0.15, 0.2) is 42.5 Å². The largest absolute Gasteiger partial charge is 0.357 e. The summed E-state index contributed by atoms with van der Waals surface area (Å²) in [5.74, 6) is -0.304. The minimum absolute atomic E-state index is 0.0945. The second kappa shape index (κ2) is 9.54. The molecule has 0 aromatic heterocycles. The lowest BCUT2D eigenvalue weighted by molar-refractivity contribution is -0.130. The van der Waals surface area contributed by atoms with E-state index >= 15 is 0 Å². The Balaban J connectivity index is 1.57. The van der Waals surface area contributed by atoms with E-state index in [-0.39, 0.29) is 29.6 Å². The highest BCUT2D eigenvalue weighted by Gasteiger charge is 2.52. The Morgan fingerprint density at radius 3 is 2.24 bits per heavy atom. The van der Waals surface area contributed by atoms with Crippen molar-refractivity contribution < 1.29 is 9.18 Å². The van der Waals surface area contributed by atoms with Crippen molar-refractivity contribution in [2.45, 2.75) is 75.9 Å². The Bertz CT molecular complexity index is 985. The maximum atomic E-state index is 14.1. The molecule has 0 bridgehead atoms. The zero-order valence-electron chi connectivity index (χ0n) is 19.0. The van der Waals surface area contributed by atoms with Crippen molar-refractivity contribution in [2.75, 3.05) is 10.6 Å². The highest BCUT2D eigenvalue weighted by molar-refractivity contribution is 6.30. The van der Waals surface area contributed by atoms with E-state index in [1.807, 2.05) is 24.3 Å². The summed E-state index contributed by atoms with van der Waals surface area (Å²) < 4.78 is 14.1. The lowest BCUT2D eigenvalue weighted by Crippen LogP contribution is -2.56. The second-order valence-corrected chi connectivity index (χ2v) is 10.4. The van der Waals surface area contributed by atoms with Gasteiger partial charge >= 0.3 is 0 Å². The average molecular weight is 470 g/mol. The van der Waals surface area contributed by atoms with Crippen LogP contribution in [0.1, 0.15) is 69.8 Å². The number of halogens is 2. The van der Waals surface area contributed by atoms with Gasteiger partial charge in [-0.1, -0.05) is 62.3 Å². The molecule has 1 amide bonds. The number of hydrogen-bond acceptors (Lipinski definition) is 3. The zero-order chi connectivity index (χ0) is 22.8. The molecule has 4 nitrogen and oxygen atoms in total. The van der Waals surface area contributed by atoms with Crippen molar-refractivity contribution in [2.24, 2.45) is 11.8 Å². The fourth-order valence-electron chi connectivity index (χ4n) is 6.15. The van der Waals surface area contributed by atoms with Crippen LogP contribution in [0.2, 0.25) is 5.02 Å². The lowest BCUT2D eigenvalue weighted by atomic mass is 9.71. The van der Waals surface area contributed by atoms with Gasteiger partial charge in [0.25, 0.3) is 0 Å². The van der Waals surface area contributed by atoms with Crippen LogP contribution in [0, 0.1) is 17.7 Å². The van der Waals surface area contributed by atoms with Gasteiger partial charge in [-0.25, -0.2) is 4.39 Å². The van der Waals surface area contributed by atoms with Gasteiger partial charge in [0, 0.05) is 11.1 Å². The number of hydrogen-bond donors (Lipinski definition) is 3. The number of carbonyl (C=O) groups excluding carboxylic acids is 1. The summed E-state index contributed by atoms with van der Waals surface area (Å²) in [7, 11) is 0. The van der Waals surface area contributed by atoms with Crippen LogP contribution in [-0.4, -0.2) is 11.9 Å². The Hall–Kier alpha value is -2.27. The molecule has 6 heteroatoms. The Morgan fingerprint density at radius 1 is 0.909 bits per heavy atom. The fourth-order valence-corrected chi connectivity index (χ4v) is 6.27. The van der Waals surface area contributed by atoms with E-state index in [1.165, 1.54) is 37.8 Å². The maximum absolute atomic E-state index is 14.1. The smallest absolute Gasteiger partial charge is 0.228 e. The number of benzene rings is 2. The molecule has 3 N–H and O–H groups in total. The lowest BCUT2D eigenvalue weighted by Gasteiger charge is -2.44. The number of carbonyl (C=O) groups is 1. The molecule has 2 atom stereocenters. The number of rotatable bonds is 5. The molecular formula is C27H33ClFN3O. The molecule has 2 unspecified atom stereocenters. The highest BCUT2D eigenvalue weighted by atomic mass is 35.5. The van der Waals surface area contributed by atoms with E-state index in [2.05, 4.69) is 16.0 Å². The summed E-state index contributed by atoms with van der Waals surface area (Å²) >= 11 is 6.22. The normalized spacial score (nSPS) is 24.4. The summed E-state index contributed by atoms with van der Waals surface area (Å²) in [5, 5.41) is 11.3. The van der Waals surface area contributed by atoms with Crippen molar-refractivity contribution in [3.63, 3.8) is 0 Å². The van der Waals surface area contributed by atoms with Gasteiger partial charge in [-0.05, 0) is 67.5 Å². The van der Waals surface area contributed by atoms with E-state index < -0.39 is 5.66 Å². The molecule has 2 aliphatic carbocycles. The van der Waals surface area contributed by atoms with Crippen LogP contribution in [0.4, 0.5) is 15.8 Å². The molecule has 1 heterocycles. The summed E-state index contributed by atoms with van der Waals surface area (Å²) in [6, 6.07) is 12.7. The first-order chi connectivity index (χ1) is 16.0. The van der Waals surface area contributed by atoms with Crippen molar-refractivity contribution in [3.05, 3.63) is 58.9 Å². The third-order valence-corrected chi connectivity index (χ3v) is 8.02. The van der Waals surface area contributed by atoms with Crippen molar-refractivity contribution in [1.29, 1.82) is 0 Å².